The van der Waals surface area contributed by atoms with Crippen molar-refractivity contribution in [3.05, 3.63) is 95.6 Å². The van der Waals surface area contributed by atoms with E-state index < -0.39 is 120 Å². The summed E-state index contributed by atoms with van der Waals surface area (Å²) in [7, 11) is 5.38. The molecule has 4 aromatic rings. The van der Waals surface area contributed by atoms with Crippen LogP contribution in [0.2, 0.25) is 0 Å². The third-order valence-corrected chi connectivity index (χ3v) is 12.2. The Morgan fingerprint density at radius 2 is 0.603 bits per heavy atom. The number of halogens is 12. The number of hydrogen-bond donors (Lipinski definition) is 4. The summed E-state index contributed by atoms with van der Waals surface area (Å²) in [5.41, 5.74) is -3.74. The Labute approximate surface area is 433 Å². The van der Waals surface area contributed by atoms with Crippen molar-refractivity contribution in [3.8, 4) is 0 Å². The molecule has 0 radical (unpaired) electrons. The van der Waals surface area contributed by atoms with Gasteiger partial charge in [0.25, 0.3) is 0 Å². The molecule has 4 aliphatic rings. The monoisotopic (exact) mass is 1130 g/mol. The molecule has 4 fully saturated rings. The fraction of sp³-hybridized carbons (Fsp3) is 0.455. The van der Waals surface area contributed by atoms with Gasteiger partial charge in [0.1, 0.15) is 35.4 Å². The molecule has 4 N–H and O–H groups in total. The van der Waals surface area contributed by atoms with Crippen LogP contribution < -0.4 is 19.6 Å². The summed E-state index contributed by atoms with van der Waals surface area (Å²) in [6, 6.07) is 0.826. The van der Waals surface area contributed by atoms with Gasteiger partial charge in [-0.15, -0.1) is 0 Å². The highest BCUT2D eigenvalue weighted by Crippen LogP contribution is 2.37. The minimum Gasteiger partial charge on any atom is -0.371 e. The van der Waals surface area contributed by atoms with E-state index in [0.29, 0.717) is 12.1 Å². The lowest BCUT2D eigenvalue weighted by molar-refractivity contribution is -0.138. The van der Waals surface area contributed by atoms with E-state index in [0.717, 1.165) is 90.9 Å². The van der Waals surface area contributed by atoms with Gasteiger partial charge in [0.15, 0.2) is 24.9 Å². The number of hydrogen-bond acceptors (Lipinski definition) is 14. The summed E-state index contributed by atoms with van der Waals surface area (Å²) in [4.78, 5) is 77.8. The number of carbonyl (C=O) groups is 4. The Morgan fingerprint density at radius 1 is 0.397 bits per heavy atom. The van der Waals surface area contributed by atoms with Crippen molar-refractivity contribution in [3.63, 3.8) is 0 Å². The van der Waals surface area contributed by atoms with E-state index in [2.05, 4.69) is 19.9 Å². The molecule has 4 aliphatic heterocycles. The number of nitrogens with zero attached hydrogens (tertiary/aromatic N) is 12. The first-order chi connectivity index (χ1) is 36.0. The molecule has 8 heterocycles. The summed E-state index contributed by atoms with van der Waals surface area (Å²) in [6.45, 7) is 6.19. The van der Waals surface area contributed by atoms with Crippen LogP contribution in [-0.4, -0.2) is 162 Å². The Bertz CT molecular complexity index is 2610. The van der Waals surface area contributed by atoms with Crippen molar-refractivity contribution in [2.45, 2.75) is 101 Å². The maximum absolute atomic E-state index is 12.6. The molecule has 0 aromatic carbocycles. The minimum absolute atomic E-state index is 0.219. The van der Waals surface area contributed by atoms with Gasteiger partial charge in [0.05, 0.1) is 48.6 Å². The molecular weight excluding hydrogens is 1080 g/mol. The van der Waals surface area contributed by atoms with Crippen LogP contribution in [0.25, 0.3) is 0 Å². The van der Waals surface area contributed by atoms with Gasteiger partial charge in [-0.05, 0) is 76.2 Å². The summed E-state index contributed by atoms with van der Waals surface area (Å²) in [5.74, 6) is -1.01. The molecule has 0 saturated carbocycles. The SMILES string of the molecule is CON1C(=O)N(c2cc(C(F)(F)F)ccn2)C(O)[C@@H]1C.CON1C(=O)N(c2cc(C(F)(F)F)ccn2)C(O)[C@H]1C.C[C@@H]1C(O)N(c2cc(C(F)(F)F)ccn2)C(=O)N1C.C[C@H]1C(O)N(c2cc(C(F)(F)F)ccn2)C(=O)N1C. The summed E-state index contributed by atoms with van der Waals surface area (Å²) in [5, 5.41) is 41.4. The summed E-state index contributed by atoms with van der Waals surface area (Å²) in [6.07, 6.45) is -19.5. The number of pyridine rings is 4. The number of aliphatic hydroxyl groups is 4. The van der Waals surface area contributed by atoms with Crippen LogP contribution >= 0.6 is 0 Å². The van der Waals surface area contributed by atoms with Crippen molar-refractivity contribution < 1.29 is 102 Å². The molecule has 4 unspecified atom stereocenters. The number of aromatic nitrogens is 4. The number of likely N-dealkylation sites (N-methyl/N-ethyl adjacent to an activating group) is 2. The van der Waals surface area contributed by atoms with Crippen LogP contribution in [0.1, 0.15) is 49.9 Å². The smallest absolute Gasteiger partial charge is 0.371 e. The predicted molar refractivity (Wildman–Crippen MR) is 244 cm³/mol. The number of alkyl halides is 12. The second-order valence-corrected chi connectivity index (χ2v) is 17.1. The molecule has 0 bridgehead atoms. The average Bonchev–Trinajstić information content (AvgIpc) is 3.89. The molecule has 34 heteroatoms. The Balaban J connectivity index is 0.000000192. The first-order valence-electron chi connectivity index (χ1n) is 22.3. The van der Waals surface area contributed by atoms with E-state index in [4.69, 9.17) is 9.68 Å². The van der Waals surface area contributed by atoms with Crippen LogP contribution in [0.5, 0.6) is 0 Å². The molecular formula is C44H48F12N12O10. The first kappa shape index (κ1) is 61.5. The van der Waals surface area contributed by atoms with E-state index in [1.165, 1.54) is 52.0 Å². The van der Waals surface area contributed by atoms with Crippen LogP contribution in [0, 0.1) is 0 Å². The van der Waals surface area contributed by atoms with E-state index in [1.807, 2.05) is 0 Å². The van der Waals surface area contributed by atoms with Gasteiger partial charge in [0.2, 0.25) is 0 Å². The predicted octanol–water partition coefficient (Wildman–Crippen LogP) is 6.58. The fourth-order valence-corrected chi connectivity index (χ4v) is 7.54. The van der Waals surface area contributed by atoms with Crippen molar-refractivity contribution in [2.75, 3.05) is 47.9 Å². The molecule has 4 aromatic heterocycles. The van der Waals surface area contributed by atoms with Crippen molar-refractivity contribution in [2.24, 2.45) is 0 Å². The Kier molecular flexibility index (Phi) is 18.3. The molecule has 22 nitrogen and oxygen atoms in total. The molecule has 0 aliphatic carbocycles. The molecule has 8 amide bonds. The zero-order chi connectivity index (χ0) is 58.9. The van der Waals surface area contributed by atoms with Crippen molar-refractivity contribution >= 4 is 47.4 Å². The zero-order valence-electron chi connectivity index (χ0n) is 41.7. The average molecular weight is 1130 g/mol. The number of carbonyl (C=O) groups excluding carboxylic acids is 4. The molecule has 428 valence electrons. The molecule has 4 saturated heterocycles. The van der Waals surface area contributed by atoms with Crippen molar-refractivity contribution in [1.82, 2.24) is 39.9 Å². The Hall–Kier alpha value is -7.40. The maximum atomic E-state index is 12.6. The van der Waals surface area contributed by atoms with Crippen LogP contribution in [0.15, 0.2) is 73.3 Å². The molecule has 8 atom stereocenters. The van der Waals surface area contributed by atoms with Crippen LogP contribution in [0.4, 0.5) is 95.1 Å². The van der Waals surface area contributed by atoms with Gasteiger partial charge in [-0.3, -0.25) is 9.68 Å². The number of anilines is 4. The topological polar surface area (TPSA) is 245 Å². The summed E-state index contributed by atoms with van der Waals surface area (Å²) < 4.78 is 151. The van der Waals surface area contributed by atoms with E-state index >= 15 is 0 Å². The third kappa shape index (κ3) is 12.8. The quantitative estimate of drug-likeness (QED) is 0.149. The molecule has 0 spiro atoms. The van der Waals surface area contributed by atoms with Crippen LogP contribution in [-0.2, 0) is 34.4 Å². The molecule has 78 heavy (non-hydrogen) atoms. The number of amides is 8. The lowest BCUT2D eigenvalue weighted by Gasteiger charge is -2.19. The lowest BCUT2D eigenvalue weighted by Crippen LogP contribution is -2.36. The van der Waals surface area contributed by atoms with E-state index in [-0.39, 0.29) is 23.3 Å². The van der Waals surface area contributed by atoms with Gasteiger partial charge in [-0.2, -0.15) is 62.8 Å². The van der Waals surface area contributed by atoms with Gasteiger partial charge < -0.3 is 30.2 Å². The maximum Gasteiger partial charge on any atom is 0.416 e. The number of urea groups is 4. The highest BCUT2D eigenvalue weighted by atomic mass is 19.4. The van der Waals surface area contributed by atoms with E-state index in [1.54, 1.807) is 13.8 Å². The van der Waals surface area contributed by atoms with Gasteiger partial charge in [0, 0.05) is 38.9 Å². The molecule has 8 rings (SSSR count). The highest BCUT2D eigenvalue weighted by Gasteiger charge is 2.48. The minimum atomic E-state index is -4.56. The second kappa shape index (κ2) is 23.3. The standard InChI is InChI=1S/2C11H12F3N3O3.2C11H12F3N3O2/c2*1-6-9(18)16(10(19)17(6)20-2)8-5-7(3-4-15-8)11(12,13)14;2*1-6-9(18)17(10(19)16(6)2)8-5-7(3-4-15-8)11(12,13)14/h2*3-6,9,18H,1-2H3;2*3-6,9,18H,1-2H3/t4*6-,9?/m1010/s1. The number of aliphatic hydroxyl groups excluding tert-OH is 4. The number of rotatable bonds is 6. The van der Waals surface area contributed by atoms with Gasteiger partial charge in [-0.1, -0.05) is 0 Å². The first-order valence-corrected chi connectivity index (χ1v) is 22.3. The number of hydroxylamine groups is 4. The summed E-state index contributed by atoms with van der Waals surface area (Å²) >= 11 is 0. The van der Waals surface area contributed by atoms with Crippen molar-refractivity contribution in [1.29, 1.82) is 0 Å². The van der Waals surface area contributed by atoms with Gasteiger partial charge >= 0.3 is 48.8 Å². The fourth-order valence-electron chi connectivity index (χ4n) is 7.54. The second-order valence-electron chi connectivity index (χ2n) is 17.1. The third-order valence-electron chi connectivity index (χ3n) is 12.2. The lowest BCUT2D eigenvalue weighted by atomic mass is 10.2. The van der Waals surface area contributed by atoms with Crippen LogP contribution in [0.3, 0.4) is 0 Å². The zero-order valence-corrected chi connectivity index (χ0v) is 41.7. The largest absolute Gasteiger partial charge is 0.416 e. The Morgan fingerprint density at radius 3 is 0.769 bits per heavy atom. The normalized spacial score (nSPS) is 23.9. The van der Waals surface area contributed by atoms with Gasteiger partial charge in [-0.25, -0.2) is 58.7 Å². The van der Waals surface area contributed by atoms with E-state index in [9.17, 15) is 92.3 Å². The highest BCUT2D eigenvalue weighted by molar-refractivity contribution is 5.95.